The van der Waals surface area contributed by atoms with Crippen molar-refractivity contribution in [1.82, 2.24) is 0 Å². The van der Waals surface area contributed by atoms with Gasteiger partial charge in [0, 0.05) is 0 Å². The molecule has 0 aromatic heterocycles. The van der Waals surface area contributed by atoms with Crippen molar-refractivity contribution in [2.24, 2.45) is 5.92 Å². The van der Waals surface area contributed by atoms with Crippen LogP contribution < -0.4 is 0 Å². The molecular formula is C8H13. The third kappa shape index (κ3) is 3.66. The van der Waals surface area contributed by atoms with E-state index in [1.807, 2.05) is 18.6 Å². The lowest BCUT2D eigenvalue weighted by Crippen LogP contribution is -1.85. The molecule has 0 N–H and O–H groups in total. The minimum Gasteiger partial charge on any atom is -0.103 e. The zero-order valence-electron chi connectivity index (χ0n) is 5.43. The summed E-state index contributed by atoms with van der Waals surface area (Å²) in [5.74, 6) is 0.591. The monoisotopic (exact) mass is 109 g/mol. The van der Waals surface area contributed by atoms with Crippen LogP contribution in [0, 0.1) is 12.3 Å². The molecule has 0 aliphatic heterocycles. The minimum atomic E-state index is 0.591. The Morgan fingerprint density at radius 3 is 2.50 bits per heavy atom. The number of hydrogen-bond acceptors (Lipinski definition) is 0. The minimum absolute atomic E-state index is 0.591. The zero-order chi connectivity index (χ0) is 6.41. The third-order valence-electron chi connectivity index (χ3n) is 1.08. The van der Waals surface area contributed by atoms with E-state index in [1.165, 1.54) is 0 Å². The highest BCUT2D eigenvalue weighted by molar-refractivity contribution is 4.90. The van der Waals surface area contributed by atoms with Crippen LogP contribution in [0.4, 0.5) is 0 Å². The zero-order valence-corrected chi connectivity index (χ0v) is 5.43. The lowest BCUT2D eigenvalue weighted by atomic mass is 10.1. The van der Waals surface area contributed by atoms with E-state index < -0.39 is 0 Å². The highest BCUT2D eigenvalue weighted by atomic mass is 14.0. The van der Waals surface area contributed by atoms with E-state index in [-0.39, 0.29) is 0 Å². The molecule has 0 bridgehead atoms. The summed E-state index contributed by atoms with van der Waals surface area (Å²) >= 11 is 0. The first-order valence-corrected chi connectivity index (χ1v) is 2.88. The average molecular weight is 109 g/mol. The molecular weight excluding hydrogens is 96.1 g/mol. The van der Waals surface area contributed by atoms with E-state index in [1.54, 1.807) is 0 Å². The van der Waals surface area contributed by atoms with Crippen LogP contribution in [0.3, 0.4) is 0 Å². The fraction of sp³-hybridized carbons (Fsp3) is 0.375. The van der Waals surface area contributed by atoms with Crippen LogP contribution in [0.2, 0.25) is 0 Å². The van der Waals surface area contributed by atoms with Crippen LogP contribution >= 0.6 is 0 Å². The summed E-state index contributed by atoms with van der Waals surface area (Å²) in [4.78, 5) is 0. The maximum atomic E-state index is 3.66. The molecule has 0 fully saturated rings. The summed E-state index contributed by atoms with van der Waals surface area (Å²) in [6, 6.07) is 0. The van der Waals surface area contributed by atoms with Crippen molar-refractivity contribution in [1.29, 1.82) is 0 Å². The molecule has 8 heavy (non-hydrogen) atoms. The van der Waals surface area contributed by atoms with Crippen molar-refractivity contribution in [3.05, 3.63) is 31.7 Å². The van der Waals surface area contributed by atoms with Gasteiger partial charge in [-0.3, -0.25) is 0 Å². The second-order valence-electron chi connectivity index (χ2n) is 1.92. The quantitative estimate of drug-likeness (QED) is 0.487. The first-order valence-electron chi connectivity index (χ1n) is 2.88. The van der Waals surface area contributed by atoms with E-state index in [0.29, 0.717) is 5.92 Å². The van der Waals surface area contributed by atoms with Crippen LogP contribution in [0.25, 0.3) is 0 Å². The molecule has 0 aliphatic rings. The van der Waals surface area contributed by atoms with Gasteiger partial charge >= 0.3 is 0 Å². The van der Waals surface area contributed by atoms with Gasteiger partial charge in [0.15, 0.2) is 0 Å². The number of hydrogen-bond donors (Lipinski definition) is 0. The highest BCUT2D eigenvalue weighted by Gasteiger charge is 1.90. The molecule has 45 valence electrons. The maximum Gasteiger partial charge on any atom is -0.0168 e. The molecule has 0 aliphatic carbocycles. The summed E-state index contributed by atoms with van der Waals surface area (Å²) in [5.41, 5.74) is 0. The van der Waals surface area contributed by atoms with E-state index in [0.717, 1.165) is 6.42 Å². The molecule has 0 saturated carbocycles. The normalized spacial score (nSPS) is 12.6. The summed E-state index contributed by atoms with van der Waals surface area (Å²) in [5, 5.41) is 0. The third-order valence-corrected chi connectivity index (χ3v) is 1.08. The lowest BCUT2D eigenvalue weighted by molar-refractivity contribution is 0.725. The molecule has 0 rings (SSSR count). The van der Waals surface area contributed by atoms with Crippen LogP contribution in [0.5, 0.6) is 0 Å². The van der Waals surface area contributed by atoms with Gasteiger partial charge in [-0.05, 0) is 18.8 Å². The second kappa shape index (κ2) is 4.63. The molecule has 0 spiro atoms. The molecule has 1 atom stereocenters. The van der Waals surface area contributed by atoms with Gasteiger partial charge in [-0.25, -0.2) is 0 Å². The van der Waals surface area contributed by atoms with Gasteiger partial charge in [0.25, 0.3) is 0 Å². The fourth-order valence-electron chi connectivity index (χ4n) is 0.407. The van der Waals surface area contributed by atoms with Gasteiger partial charge in [0.05, 0.1) is 0 Å². The number of allylic oxidation sites excluding steroid dienone is 2. The molecule has 0 heteroatoms. The average Bonchev–Trinajstić information content (AvgIpc) is 1.83. The lowest BCUT2D eigenvalue weighted by Gasteiger charge is -1.98. The van der Waals surface area contributed by atoms with E-state index in [4.69, 9.17) is 0 Å². The van der Waals surface area contributed by atoms with Gasteiger partial charge in [0.1, 0.15) is 0 Å². The number of rotatable bonds is 4. The van der Waals surface area contributed by atoms with Crippen molar-refractivity contribution in [2.75, 3.05) is 0 Å². The van der Waals surface area contributed by atoms with Crippen LogP contribution in [-0.2, 0) is 0 Å². The summed E-state index contributed by atoms with van der Waals surface area (Å²) < 4.78 is 0. The molecule has 0 heterocycles. The Labute approximate surface area is 51.9 Å². The van der Waals surface area contributed by atoms with Crippen molar-refractivity contribution in [3.8, 4) is 0 Å². The van der Waals surface area contributed by atoms with Crippen molar-refractivity contribution in [3.63, 3.8) is 0 Å². The Bertz CT molecular complexity index is 72.1. The largest absolute Gasteiger partial charge is 0.103 e. The summed E-state index contributed by atoms with van der Waals surface area (Å²) in [6.45, 7) is 9.37. The first kappa shape index (κ1) is 7.48. The Morgan fingerprint density at radius 2 is 2.12 bits per heavy atom. The SMILES string of the molecule is C=C[CH]CC(C)C=C. The summed E-state index contributed by atoms with van der Waals surface area (Å²) in [7, 11) is 0. The molecule has 0 amide bonds. The Morgan fingerprint density at radius 1 is 1.50 bits per heavy atom. The van der Waals surface area contributed by atoms with E-state index in [2.05, 4.69) is 20.1 Å². The molecule has 0 aromatic carbocycles. The molecule has 1 unspecified atom stereocenters. The summed E-state index contributed by atoms with van der Waals surface area (Å²) in [6.07, 6.45) is 6.87. The predicted molar refractivity (Wildman–Crippen MR) is 38.5 cm³/mol. The van der Waals surface area contributed by atoms with E-state index >= 15 is 0 Å². The van der Waals surface area contributed by atoms with Crippen LogP contribution in [0.1, 0.15) is 13.3 Å². The van der Waals surface area contributed by atoms with Crippen molar-refractivity contribution < 1.29 is 0 Å². The van der Waals surface area contributed by atoms with Crippen LogP contribution in [0.15, 0.2) is 25.3 Å². The Hall–Kier alpha value is -0.520. The topological polar surface area (TPSA) is 0 Å². The second-order valence-corrected chi connectivity index (χ2v) is 1.92. The first-order chi connectivity index (χ1) is 3.81. The fourth-order valence-corrected chi connectivity index (χ4v) is 0.407. The standard InChI is InChI=1S/C8H13/c1-4-6-7-8(3)5-2/h4-6,8H,1-2,7H2,3H3. The van der Waals surface area contributed by atoms with Gasteiger partial charge < -0.3 is 0 Å². The Kier molecular flexibility index (Phi) is 4.33. The van der Waals surface area contributed by atoms with Crippen LogP contribution in [-0.4, -0.2) is 0 Å². The van der Waals surface area contributed by atoms with Gasteiger partial charge in [-0.2, -0.15) is 0 Å². The van der Waals surface area contributed by atoms with Gasteiger partial charge in [-0.1, -0.05) is 19.1 Å². The Balaban J connectivity index is 3.09. The highest BCUT2D eigenvalue weighted by Crippen LogP contribution is 2.04. The molecule has 0 saturated heterocycles. The predicted octanol–water partition coefficient (Wildman–Crippen LogP) is 2.59. The molecule has 1 radical (unpaired) electrons. The smallest absolute Gasteiger partial charge is 0.0168 e. The maximum absolute atomic E-state index is 3.66. The van der Waals surface area contributed by atoms with Gasteiger partial charge in [0.2, 0.25) is 0 Å². The van der Waals surface area contributed by atoms with Crippen molar-refractivity contribution in [2.45, 2.75) is 13.3 Å². The molecule has 0 nitrogen and oxygen atoms in total. The van der Waals surface area contributed by atoms with Gasteiger partial charge in [-0.15, -0.1) is 13.2 Å². The molecule has 0 aromatic rings. The van der Waals surface area contributed by atoms with E-state index in [9.17, 15) is 0 Å². The van der Waals surface area contributed by atoms with Crippen molar-refractivity contribution >= 4 is 0 Å².